The molecule has 0 radical (unpaired) electrons. The third-order valence-corrected chi connectivity index (χ3v) is 4.87. The van der Waals surface area contributed by atoms with Gasteiger partial charge < -0.3 is 25.0 Å². The molecule has 154 valence electrons. The summed E-state index contributed by atoms with van der Waals surface area (Å²) in [6.45, 7) is 2.14. The Morgan fingerprint density at radius 2 is 1.59 bits per heavy atom. The highest BCUT2D eigenvalue weighted by Crippen LogP contribution is 2.29. The van der Waals surface area contributed by atoms with E-state index in [1.54, 1.807) is 18.2 Å². The van der Waals surface area contributed by atoms with Crippen molar-refractivity contribution < 1.29 is 19.1 Å². The van der Waals surface area contributed by atoms with E-state index in [9.17, 15) is 9.59 Å². The van der Waals surface area contributed by atoms with E-state index in [2.05, 4.69) is 15.5 Å². The molecule has 0 saturated carbocycles. The largest absolute Gasteiger partial charge is 0.497 e. The minimum atomic E-state index is -0.431. The van der Waals surface area contributed by atoms with Gasteiger partial charge in [-0.1, -0.05) is 0 Å². The number of anilines is 3. The molecule has 0 aromatic heterocycles. The molecule has 0 spiro atoms. The number of carbonyl (C=O) groups is 2. The molecule has 1 heterocycles. The molecule has 1 aliphatic heterocycles. The van der Waals surface area contributed by atoms with Crippen LogP contribution >= 0.6 is 0 Å². The molecule has 2 aromatic rings. The van der Waals surface area contributed by atoms with Crippen LogP contribution in [-0.2, 0) is 9.59 Å². The molecule has 1 aliphatic rings. The monoisotopic (exact) mass is 397 g/mol. The number of hydrogen-bond donors (Lipinski definition) is 2. The van der Waals surface area contributed by atoms with Crippen LogP contribution in [0.2, 0.25) is 0 Å². The van der Waals surface area contributed by atoms with Crippen LogP contribution in [0.3, 0.4) is 0 Å². The number of methoxy groups -OCH3 is 2. The summed E-state index contributed by atoms with van der Waals surface area (Å²) in [6.07, 6.45) is 3.42. The number of ether oxygens (including phenoxy) is 2. The van der Waals surface area contributed by atoms with Gasteiger partial charge in [0.25, 0.3) is 0 Å². The second-order valence-corrected chi connectivity index (χ2v) is 6.93. The Kier molecular flexibility index (Phi) is 6.94. The van der Waals surface area contributed by atoms with Crippen molar-refractivity contribution in [2.75, 3.05) is 42.8 Å². The van der Waals surface area contributed by atoms with Crippen molar-refractivity contribution in [2.24, 2.45) is 0 Å². The Labute approximate surface area is 171 Å². The van der Waals surface area contributed by atoms with Gasteiger partial charge in [-0.3, -0.25) is 9.59 Å². The average molecular weight is 397 g/mol. The first kappa shape index (κ1) is 20.5. The number of nitrogens with zero attached hydrogens (tertiary/aromatic N) is 1. The van der Waals surface area contributed by atoms with E-state index in [0.717, 1.165) is 18.8 Å². The fourth-order valence-electron chi connectivity index (χ4n) is 3.36. The average Bonchev–Trinajstić information content (AvgIpc) is 2.74. The molecule has 29 heavy (non-hydrogen) atoms. The number of piperidine rings is 1. The molecule has 1 saturated heterocycles. The number of carbonyl (C=O) groups excluding carboxylic acids is 2. The molecule has 0 bridgehead atoms. The predicted molar refractivity (Wildman–Crippen MR) is 114 cm³/mol. The summed E-state index contributed by atoms with van der Waals surface area (Å²) in [5.41, 5.74) is 2.28. The summed E-state index contributed by atoms with van der Waals surface area (Å²) < 4.78 is 10.4. The molecule has 2 amide bonds. The Bertz CT molecular complexity index is 846. The first-order valence-electron chi connectivity index (χ1n) is 9.76. The Morgan fingerprint density at radius 3 is 2.24 bits per heavy atom. The van der Waals surface area contributed by atoms with Gasteiger partial charge in [0.15, 0.2) is 0 Å². The van der Waals surface area contributed by atoms with Crippen molar-refractivity contribution in [3.63, 3.8) is 0 Å². The van der Waals surface area contributed by atoms with Crippen LogP contribution in [0.5, 0.6) is 11.5 Å². The highest BCUT2D eigenvalue weighted by molar-refractivity contribution is 6.08. The van der Waals surface area contributed by atoms with Gasteiger partial charge in [-0.05, 0) is 55.7 Å². The molecular weight excluding hydrogens is 370 g/mol. The van der Waals surface area contributed by atoms with Gasteiger partial charge in [0.2, 0.25) is 11.8 Å². The minimum absolute atomic E-state index is 0.297. The summed E-state index contributed by atoms with van der Waals surface area (Å²) in [5.74, 6) is 0.265. The molecule has 0 unspecified atom stereocenters. The number of hydrogen-bond acceptors (Lipinski definition) is 5. The summed E-state index contributed by atoms with van der Waals surface area (Å²) in [4.78, 5) is 26.9. The standard InChI is InChI=1S/C22H27N3O4/c1-28-18-10-11-20(29-2)19(14-18)24-22(27)15-21(26)23-16-6-8-17(9-7-16)25-12-4-3-5-13-25/h6-11,14H,3-5,12-13,15H2,1-2H3,(H,23,26)(H,24,27). The van der Waals surface area contributed by atoms with E-state index >= 15 is 0 Å². The van der Waals surface area contributed by atoms with E-state index in [1.165, 1.54) is 33.5 Å². The number of nitrogens with one attached hydrogen (secondary N) is 2. The van der Waals surface area contributed by atoms with Gasteiger partial charge >= 0.3 is 0 Å². The molecular formula is C22H27N3O4. The van der Waals surface area contributed by atoms with Gasteiger partial charge in [-0.2, -0.15) is 0 Å². The lowest BCUT2D eigenvalue weighted by Crippen LogP contribution is -2.29. The van der Waals surface area contributed by atoms with Crippen molar-refractivity contribution in [1.29, 1.82) is 0 Å². The van der Waals surface area contributed by atoms with Gasteiger partial charge in [-0.25, -0.2) is 0 Å². The lowest BCUT2D eigenvalue weighted by atomic mass is 10.1. The van der Waals surface area contributed by atoms with Crippen LogP contribution in [-0.4, -0.2) is 39.1 Å². The molecule has 7 nitrogen and oxygen atoms in total. The maximum atomic E-state index is 12.3. The highest BCUT2D eigenvalue weighted by atomic mass is 16.5. The summed E-state index contributed by atoms with van der Waals surface area (Å²) in [5, 5.41) is 5.46. The van der Waals surface area contributed by atoms with E-state index < -0.39 is 5.91 Å². The van der Waals surface area contributed by atoms with Gasteiger partial charge in [0.1, 0.15) is 17.9 Å². The predicted octanol–water partition coefficient (Wildman–Crippen LogP) is 3.66. The zero-order chi connectivity index (χ0) is 20.6. The van der Waals surface area contributed by atoms with Crippen molar-refractivity contribution in [3.05, 3.63) is 42.5 Å². The van der Waals surface area contributed by atoms with E-state index in [4.69, 9.17) is 9.47 Å². The Hall–Kier alpha value is -3.22. The highest BCUT2D eigenvalue weighted by Gasteiger charge is 2.14. The zero-order valence-corrected chi connectivity index (χ0v) is 16.9. The number of rotatable bonds is 7. The molecule has 1 fully saturated rings. The van der Waals surface area contributed by atoms with Crippen LogP contribution in [0, 0.1) is 0 Å². The second-order valence-electron chi connectivity index (χ2n) is 6.93. The van der Waals surface area contributed by atoms with Gasteiger partial charge in [0, 0.05) is 30.5 Å². The fraction of sp³-hybridized carbons (Fsp3) is 0.364. The summed E-state index contributed by atoms with van der Waals surface area (Å²) in [7, 11) is 3.05. The van der Waals surface area contributed by atoms with Crippen molar-refractivity contribution in [1.82, 2.24) is 0 Å². The SMILES string of the molecule is COc1ccc(OC)c(NC(=O)CC(=O)Nc2ccc(N3CCCCC3)cc2)c1. The quantitative estimate of drug-likeness (QED) is 0.697. The van der Waals surface area contributed by atoms with Crippen molar-refractivity contribution in [3.8, 4) is 11.5 Å². The third kappa shape index (κ3) is 5.63. The maximum absolute atomic E-state index is 12.3. The minimum Gasteiger partial charge on any atom is -0.497 e. The van der Waals surface area contributed by atoms with Crippen LogP contribution in [0.15, 0.2) is 42.5 Å². The molecule has 3 rings (SSSR count). The Balaban J connectivity index is 1.54. The first-order valence-corrected chi connectivity index (χ1v) is 9.76. The maximum Gasteiger partial charge on any atom is 0.233 e. The number of benzene rings is 2. The lowest BCUT2D eigenvalue weighted by molar-refractivity contribution is -0.123. The van der Waals surface area contributed by atoms with Crippen LogP contribution in [0.1, 0.15) is 25.7 Å². The molecule has 0 aliphatic carbocycles. The van der Waals surface area contributed by atoms with E-state index in [-0.39, 0.29) is 12.3 Å². The summed E-state index contributed by atoms with van der Waals surface area (Å²) in [6, 6.07) is 12.8. The summed E-state index contributed by atoms with van der Waals surface area (Å²) >= 11 is 0. The van der Waals surface area contributed by atoms with Crippen LogP contribution in [0.4, 0.5) is 17.1 Å². The number of amides is 2. The van der Waals surface area contributed by atoms with Crippen molar-refractivity contribution in [2.45, 2.75) is 25.7 Å². The second kappa shape index (κ2) is 9.82. The van der Waals surface area contributed by atoms with E-state index in [0.29, 0.717) is 22.9 Å². The van der Waals surface area contributed by atoms with Crippen LogP contribution < -0.4 is 25.0 Å². The Morgan fingerprint density at radius 1 is 0.897 bits per heavy atom. The first-order chi connectivity index (χ1) is 14.1. The van der Waals surface area contributed by atoms with Crippen molar-refractivity contribution >= 4 is 28.9 Å². The molecule has 0 atom stereocenters. The smallest absolute Gasteiger partial charge is 0.233 e. The normalized spacial score (nSPS) is 13.5. The van der Waals surface area contributed by atoms with E-state index in [1.807, 2.05) is 24.3 Å². The third-order valence-electron chi connectivity index (χ3n) is 4.87. The molecule has 7 heteroatoms. The fourth-order valence-corrected chi connectivity index (χ4v) is 3.36. The lowest BCUT2D eigenvalue weighted by Gasteiger charge is -2.28. The molecule has 2 aromatic carbocycles. The van der Waals surface area contributed by atoms with Crippen LogP contribution in [0.25, 0.3) is 0 Å². The van der Waals surface area contributed by atoms with Gasteiger partial charge in [0.05, 0.1) is 19.9 Å². The topological polar surface area (TPSA) is 79.9 Å². The zero-order valence-electron chi connectivity index (χ0n) is 16.9. The molecule has 2 N–H and O–H groups in total. The van der Waals surface area contributed by atoms with Gasteiger partial charge in [-0.15, -0.1) is 0 Å².